The van der Waals surface area contributed by atoms with Gasteiger partial charge in [0, 0.05) is 16.7 Å². The molecule has 2 rings (SSSR count). The fourth-order valence-corrected chi connectivity index (χ4v) is 1.71. The molecule has 0 spiro atoms. The number of nitro benzene ring substituents is 1. The second kappa shape index (κ2) is 5.61. The Kier molecular flexibility index (Phi) is 3.89. The van der Waals surface area contributed by atoms with Gasteiger partial charge in [-0.15, -0.1) is 0 Å². The van der Waals surface area contributed by atoms with Crippen LogP contribution in [0.3, 0.4) is 0 Å². The van der Waals surface area contributed by atoms with E-state index in [0.717, 1.165) is 0 Å². The topological polar surface area (TPSA) is 128 Å². The molecule has 0 atom stereocenters. The molecule has 0 bridgehead atoms. The average molecular weight is 338 g/mol. The summed E-state index contributed by atoms with van der Waals surface area (Å²) >= 11 is 3.14. The van der Waals surface area contributed by atoms with E-state index in [0.29, 0.717) is 4.47 Å². The third-order valence-electron chi connectivity index (χ3n) is 2.23. The molecule has 0 aliphatic carbocycles. The van der Waals surface area contributed by atoms with E-state index in [1.165, 1.54) is 24.4 Å². The number of hydrogen-bond acceptors (Lipinski definition) is 6. The minimum absolute atomic E-state index is 0.00102. The van der Waals surface area contributed by atoms with Crippen LogP contribution in [0, 0.1) is 15.5 Å². The molecular weight excluding hydrogens is 330 g/mol. The number of benzene rings is 1. The van der Waals surface area contributed by atoms with Crippen LogP contribution in [-0.2, 0) is 0 Å². The zero-order valence-electron chi connectivity index (χ0n) is 9.91. The second-order valence-corrected chi connectivity index (χ2v) is 4.53. The number of nitrogen functional groups attached to an aromatic ring is 1. The Labute approximate surface area is 121 Å². The average Bonchev–Trinajstić information content (AvgIpc) is 2.41. The fraction of sp³-hybridized carbons (Fsp3) is 0. The van der Waals surface area contributed by atoms with Crippen LogP contribution >= 0.6 is 15.9 Å². The summed E-state index contributed by atoms with van der Waals surface area (Å²) < 4.78 is 5.83. The van der Waals surface area contributed by atoms with Gasteiger partial charge in [0.2, 0.25) is 5.75 Å². The number of nitrogens with two attached hydrogens (primary N) is 1. The van der Waals surface area contributed by atoms with Crippen molar-refractivity contribution in [2.75, 3.05) is 0 Å². The Hall–Kier alpha value is -2.55. The van der Waals surface area contributed by atoms with Crippen LogP contribution in [0.2, 0.25) is 0 Å². The van der Waals surface area contributed by atoms with Crippen molar-refractivity contribution in [1.82, 2.24) is 9.97 Å². The smallest absolute Gasteiger partial charge is 0.322 e. The third kappa shape index (κ3) is 3.06. The first-order valence-electron chi connectivity index (χ1n) is 5.26. The standard InChI is InChI=1S/C11H8BrN5O3/c12-6-1-2-9(8(5-6)17(18)19)20-11-15-4-3-7(16-11)10(13)14/h1-5H,(H3,13,14). The molecule has 0 unspecified atom stereocenters. The van der Waals surface area contributed by atoms with E-state index in [2.05, 4.69) is 25.9 Å². The van der Waals surface area contributed by atoms with E-state index < -0.39 is 4.92 Å². The molecular formula is C11H8BrN5O3. The first-order valence-corrected chi connectivity index (χ1v) is 6.06. The van der Waals surface area contributed by atoms with Crippen molar-refractivity contribution in [3.8, 4) is 11.8 Å². The number of nitrogens with zero attached hydrogens (tertiary/aromatic N) is 3. The van der Waals surface area contributed by atoms with Gasteiger partial charge in [-0.3, -0.25) is 15.5 Å². The van der Waals surface area contributed by atoms with Crippen LogP contribution in [0.1, 0.15) is 5.69 Å². The normalized spacial score (nSPS) is 10.1. The number of amidine groups is 1. The van der Waals surface area contributed by atoms with Crippen LogP contribution in [-0.4, -0.2) is 20.7 Å². The van der Waals surface area contributed by atoms with Gasteiger partial charge in [0.05, 0.1) is 4.92 Å². The van der Waals surface area contributed by atoms with Gasteiger partial charge in [-0.25, -0.2) is 4.98 Å². The molecule has 0 radical (unpaired) electrons. The molecule has 1 aromatic carbocycles. The van der Waals surface area contributed by atoms with Crippen molar-refractivity contribution in [1.29, 1.82) is 5.41 Å². The number of aromatic nitrogens is 2. The van der Waals surface area contributed by atoms with Crippen LogP contribution in [0.15, 0.2) is 34.9 Å². The van der Waals surface area contributed by atoms with Gasteiger partial charge in [-0.1, -0.05) is 15.9 Å². The van der Waals surface area contributed by atoms with Gasteiger partial charge >= 0.3 is 11.7 Å². The van der Waals surface area contributed by atoms with Crippen molar-refractivity contribution in [3.05, 3.63) is 50.7 Å². The van der Waals surface area contributed by atoms with Crippen LogP contribution in [0.5, 0.6) is 11.8 Å². The molecule has 0 aliphatic rings. The highest BCUT2D eigenvalue weighted by Gasteiger charge is 2.17. The second-order valence-electron chi connectivity index (χ2n) is 3.61. The summed E-state index contributed by atoms with van der Waals surface area (Å²) in [6.07, 6.45) is 1.35. The highest BCUT2D eigenvalue weighted by Crippen LogP contribution is 2.32. The number of halogens is 1. The lowest BCUT2D eigenvalue weighted by Crippen LogP contribution is -2.13. The molecule has 102 valence electrons. The number of nitro groups is 1. The highest BCUT2D eigenvalue weighted by molar-refractivity contribution is 9.10. The van der Waals surface area contributed by atoms with E-state index in [4.69, 9.17) is 15.9 Å². The predicted molar refractivity (Wildman–Crippen MR) is 73.9 cm³/mol. The van der Waals surface area contributed by atoms with Gasteiger partial charge in [0.15, 0.2) is 0 Å². The molecule has 0 amide bonds. The lowest BCUT2D eigenvalue weighted by Gasteiger charge is -2.05. The van der Waals surface area contributed by atoms with Gasteiger partial charge < -0.3 is 10.5 Å². The maximum Gasteiger partial charge on any atom is 0.322 e. The maximum atomic E-state index is 10.9. The maximum absolute atomic E-state index is 10.9. The van der Waals surface area contributed by atoms with Crippen molar-refractivity contribution < 1.29 is 9.66 Å². The van der Waals surface area contributed by atoms with E-state index in [1.807, 2.05) is 0 Å². The number of ether oxygens (including phenoxy) is 1. The third-order valence-corrected chi connectivity index (χ3v) is 2.72. The van der Waals surface area contributed by atoms with Crippen molar-refractivity contribution in [2.45, 2.75) is 0 Å². The quantitative estimate of drug-likeness (QED) is 0.381. The summed E-state index contributed by atoms with van der Waals surface area (Å²) in [5.41, 5.74) is 5.25. The Balaban J connectivity index is 2.37. The first-order chi connectivity index (χ1) is 9.47. The zero-order chi connectivity index (χ0) is 14.7. The summed E-state index contributed by atoms with van der Waals surface area (Å²) in [4.78, 5) is 18.1. The van der Waals surface area contributed by atoms with Gasteiger partial charge in [0.1, 0.15) is 11.5 Å². The zero-order valence-corrected chi connectivity index (χ0v) is 11.5. The van der Waals surface area contributed by atoms with Crippen molar-refractivity contribution >= 4 is 27.5 Å². The van der Waals surface area contributed by atoms with Crippen LogP contribution < -0.4 is 10.5 Å². The summed E-state index contributed by atoms with van der Waals surface area (Å²) in [5, 5.41) is 18.2. The molecule has 20 heavy (non-hydrogen) atoms. The summed E-state index contributed by atoms with van der Waals surface area (Å²) in [5.74, 6) is -0.249. The van der Waals surface area contributed by atoms with Crippen LogP contribution in [0.4, 0.5) is 5.69 Å². The Morgan fingerprint density at radius 1 is 1.45 bits per heavy atom. The first kappa shape index (κ1) is 13.9. The lowest BCUT2D eigenvalue weighted by atomic mass is 10.3. The molecule has 0 fully saturated rings. The SMILES string of the molecule is N=C(N)c1ccnc(Oc2ccc(Br)cc2[N+](=O)[O-])n1. The van der Waals surface area contributed by atoms with E-state index >= 15 is 0 Å². The molecule has 2 aromatic rings. The molecule has 8 nitrogen and oxygen atoms in total. The number of rotatable bonds is 4. The van der Waals surface area contributed by atoms with E-state index in [9.17, 15) is 10.1 Å². The lowest BCUT2D eigenvalue weighted by molar-refractivity contribution is -0.385. The summed E-state index contributed by atoms with van der Waals surface area (Å²) in [7, 11) is 0. The van der Waals surface area contributed by atoms with E-state index in [1.54, 1.807) is 6.07 Å². The molecule has 9 heteroatoms. The summed E-state index contributed by atoms with van der Waals surface area (Å²) in [6.45, 7) is 0. The van der Waals surface area contributed by atoms with Gasteiger partial charge in [0.25, 0.3) is 0 Å². The number of nitrogens with one attached hydrogen (secondary N) is 1. The molecule has 0 saturated heterocycles. The monoisotopic (exact) mass is 337 g/mol. The molecule has 1 aromatic heterocycles. The Morgan fingerprint density at radius 2 is 2.20 bits per heavy atom. The number of hydrogen-bond donors (Lipinski definition) is 2. The Bertz CT molecular complexity index is 692. The van der Waals surface area contributed by atoms with Crippen molar-refractivity contribution in [3.63, 3.8) is 0 Å². The fourth-order valence-electron chi connectivity index (χ4n) is 1.36. The van der Waals surface area contributed by atoms with Crippen LogP contribution in [0.25, 0.3) is 0 Å². The molecule has 0 aliphatic heterocycles. The highest BCUT2D eigenvalue weighted by atomic mass is 79.9. The van der Waals surface area contributed by atoms with Crippen molar-refractivity contribution in [2.24, 2.45) is 5.73 Å². The predicted octanol–water partition coefficient (Wildman–Crippen LogP) is 2.22. The largest absolute Gasteiger partial charge is 0.417 e. The molecule has 0 saturated carbocycles. The minimum Gasteiger partial charge on any atom is -0.417 e. The Morgan fingerprint density at radius 3 is 2.85 bits per heavy atom. The van der Waals surface area contributed by atoms with Gasteiger partial charge in [-0.2, -0.15) is 4.98 Å². The molecule has 3 N–H and O–H groups in total. The van der Waals surface area contributed by atoms with Gasteiger partial charge in [-0.05, 0) is 18.2 Å². The minimum atomic E-state index is -0.574. The molecule has 1 heterocycles. The van der Waals surface area contributed by atoms with E-state index in [-0.39, 0.29) is 29.0 Å². The summed E-state index contributed by atoms with van der Waals surface area (Å²) in [6, 6.07) is 5.64.